The second-order valence-corrected chi connectivity index (χ2v) is 6.01. The van der Waals surface area contributed by atoms with Crippen LogP contribution in [-0.4, -0.2) is 27.7 Å². The maximum atomic E-state index is 12.8. The minimum Gasteiger partial charge on any atom is -0.390 e. The van der Waals surface area contributed by atoms with Crippen molar-refractivity contribution in [2.24, 2.45) is 0 Å². The van der Waals surface area contributed by atoms with Gasteiger partial charge in [0.2, 0.25) is 6.36 Å². The van der Waals surface area contributed by atoms with Crippen molar-refractivity contribution in [2.45, 2.75) is 50.6 Å². The van der Waals surface area contributed by atoms with E-state index >= 15 is 0 Å². The smallest absolute Gasteiger partial charge is 0.224 e. The topological polar surface area (TPSA) is 9.23 Å². The lowest BCUT2D eigenvalue weighted by Crippen LogP contribution is -2.43. The van der Waals surface area contributed by atoms with Crippen LogP contribution in [0.4, 0.5) is 13.2 Å². The molecule has 0 amide bonds. The molecular formula is C8H15F3OSi. The number of hydrogen-bond acceptors (Lipinski definition) is 1. The van der Waals surface area contributed by atoms with Crippen LogP contribution in [0.2, 0.25) is 12.1 Å². The van der Waals surface area contributed by atoms with Crippen LogP contribution < -0.4 is 0 Å². The van der Waals surface area contributed by atoms with E-state index in [0.717, 1.165) is 18.9 Å². The zero-order valence-electron chi connectivity index (χ0n) is 7.68. The lowest BCUT2D eigenvalue weighted by molar-refractivity contribution is -0.0556. The van der Waals surface area contributed by atoms with E-state index in [9.17, 15) is 13.2 Å². The zero-order chi connectivity index (χ0) is 9.84. The summed E-state index contributed by atoms with van der Waals surface area (Å²) in [6.45, 7) is 2.01. The number of halogens is 3. The largest absolute Gasteiger partial charge is 0.390 e. The molecule has 4 atom stereocenters. The summed E-state index contributed by atoms with van der Waals surface area (Å²) in [5.74, 6) is 0. The maximum Gasteiger partial charge on any atom is 0.224 e. The molecule has 0 aromatic rings. The molecule has 1 nitrogen and oxygen atoms in total. The van der Waals surface area contributed by atoms with Gasteiger partial charge in [0.05, 0.1) is 0 Å². The van der Waals surface area contributed by atoms with E-state index < -0.39 is 27.7 Å². The molecule has 4 unspecified atom stereocenters. The number of hydrogen-bond donors (Lipinski definition) is 0. The van der Waals surface area contributed by atoms with Gasteiger partial charge in [0.1, 0.15) is 6.17 Å². The van der Waals surface area contributed by atoms with Crippen LogP contribution in [0.3, 0.4) is 0 Å². The van der Waals surface area contributed by atoms with E-state index in [1.807, 2.05) is 6.92 Å². The van der Waals surface area contributed by atoms with Crippen LogP contribution in [-0.2, 0) is 4.43 Å². The third-order valence-electron chi connectivity index (χ3n) is 2.29. The van der Waals surface area contributed by atoms with Gasteiger partial charge in [-0.25, -0.2) is 13.2 Å². The molecule has 0 N–H and O–H groups in total. The highest BCUT2D eigenvalue weighted by atomic mass is 28.3. The van der Waals surface area contributed by atoms with Crippen LogP contribution in [0, 0.1) is 0 Å². The van der Waals surface area contributed by atoms with Crippen molar-refractivity contribution in [3.8, 4) is 0 Å². The summed E-state index contributed by atoms with van der Waals surface area (Å²) in [6.07, 6.45) is -3.81. The van der Waals surface area contributed by atoms with Crippen molar-refractivity contribution in [1.82, 2.24) is 0 Å². The molecule has 1 saturated heterocycles. The quantitative estimate of drug-likeness (QED) is 0.653. The average molecular weight is 212 g/mol. The molecule has 0 bridgehead atoms. The minimum atomic E-state index is -2.06. The molecule has 13 heavy (non-hydrogen) atoms. The van der Waals surface area contributed by atoms with E-state index in [-0.39, 0.29) is 6.04 Å². The van der Waals surface area contributed by atoms with E-state index in [4.69, 9.17) is 4.43 Å². The first kappa shape index (κ1) is 11.0. The highest BCUT2D eigenvalue weighted by Gasteiger charge is 2.39. The number of alkyl halides is 3. The fraction of sp³-hybridized carbons (Fsp3) is 1.00. The highest BCUT2D eigenvalue weighted by molar-refractivity contribution is 6.52. The Hall–Kier alpha value is -0.0331. The SMILES string of the molecule is CCCC[SiH]1CC(F)C(F)C(F)O1. The third kappa shape index (κ3) is 2.98. The maximum absolute atomic E-state index is 12.8. The van der Waals surface area contributed by atoms with Gasteiger partial charge in [0, 0.05) is 0 Å². The van der Waals surface area contributed by atoms with Gasteiger partial charge in [-0.15, -0.1) is 0 Å². The molecule has 1 aliphatic rings. The summed E-state index contributed by atoms with van der Waals surface area (Å²) in [5.41, 5.74) is 0. The first-order valence-corrected chi connectivity index (χ1v) is 6.83. The standard InChI is InChI=1S/C8H15F3OSi/c1-2-3-4-13-5-6(9)7(10)8(11)12-13/h6-8,13H,2-5H2,1H3. The lowest BCUT2D eigenvalue weighted by Gasteiger charge is -2.29. The molecule has 78 valence electrons. The predicted octanol–water partition coefficient (Wildman–Crippen LogP) is 2.51. The highest BCUT2D eigenvalue weighted by Crippen LogP contribution is 2.27. The minimum absolute atomic E-state index is 0.127. The Bertz CT molecular complexity index is 146. The fourth-order valence-corrected chi connectivity index (χ4v) is 4.10. The summed E-state index contributed by atoms with van der Waals surface area (Å²) < 4.78 is 43.0. The Morgan fingerprint density at radius 3 is 2.62 bits per heavy atom. The second-order valence-electron chi connectivity index (χ2n) is 3.45. The van der Waals surface area contributed by atoms with Gasteiger partial charge in [0.15, 0.2) is 15.2 Å². The molecular weight excluding hydrogens is 197 g/mol. The van der Waals surface area contributed by atoms with Crippen molar-refractivity contribution in [3.63, 3.8) is 0 Å². The van der Waals surface area contributed by atoms with Gasteiger partial charge in [-0.2, -0.15) is 0 Å². The Balaban J connectivity index is 2.35. The first-order valence-electron chi connectivity index (χ1n) is 4.72. The normalized spacial score (nSPS) is 40.6. The summed E-state index contributed by atoms with van der Waals surface area (Å²) in [7, 11) is -1.79. The molecule has 5 heteroatoms. The van der Waals surface area contributed by atoms with Crippen molar-refractivity contribution in [2.75, 3.05) is 0 Å². The van der Waals surface area contributed by atoms with Crippen molar-refractivity contribution < 1.29 is 17.6 Å². The van der Waals surface area contributed by atoms with Crippen LogP contribution in [0.5, 0.6) is 0 Å². The Labute approximate surface area is 78.0 Å². The fourth-order valence-electron chi connectivity index (χ4n) is 1.48. The third-order valence-corrected chi connectivity index (χ3v) is 4.96. The first-order chi connectivity index (χ1) is 6.15. The summed E-state index contributed by atoms with van der Waals surface area (Å²) in [4.78, 5) is 0. The molecule has 0 aromatic heterocycles. The van der Waals surface area contributed by atoms with Gasteiger partial charge in [-0.05, 0) is 12.1 Å². The van der Waals surface area contributed by atoms with E-state index in [1.165, 1.54) is 0 Å². The molecule has 1 aliphatic heterocycles. The lowest BCUT2D eigenvalue weighted by atomic mass is 10.3. The Morgan fingerprint density at radius 2 is 2.08 bits per heavy atom. The van der Waals surface area contributed by atoms with Gasteiger partial charge in [0.25, 0.3) is 0 Å². The number of unbranched alkanes of at least 4 members (excludes halogenated alkanes) is 1. The van der Waals surface area contributed by atoms with Gasteiger partial charge in [-0.3, -0.25) is 0 Å². The predicted molar refractivity (Wildman–Crippen MR) is 47.4 cm³/mol. The zero-order valence-corrected chi connectivity index (χ0v) is 8.83. The van der Waals surface area contributed by atoms with Crippen molar-refractivity contribution >= 4 is 9.04 Å². The summed E-state index contributed by atoms with van der Waals surface area (Å²) in [6, 6.07) is 0.881. The van der Waals surface area contributed by atoms with Crippen LogP contribution in [0.15, 0.2) is 0 Å². The molecule has 1 fully saturated rings. The van der Waals surface area contributed by atoms with Gasteiger partial charge in [-0.1, -0.05) is 19.8 Å². The molecule has 0 aliphatic carbocycles. The monoisotopic (exact) mass is 212 g/mol. The van der Waals surface area contributed by atoms with Crippen molar-refractivity contribution in [3.05, 3.63) is 0 Å². The van der Waals surface area contributed by atoms with Crippen LogP contribution >= 0.6 is 0 Å². The second kappa shape index (κ2) is 5.00. The molecule has 0 aromatic carbocycles. The van der Waals surface area contributed by atoms with Crippen LogP contribution in [0.25, 0.3) is 0 Å². The molecule has 0 saturated carbocycles. The summed E-state index contributed by atoms with van der Waals surface area (Å²) >= 11 is 0. The molecule has 0 spiro atoms. The average Bonchev–Trinajstić information content (AvgIpc) is 2.10. The van der Waals surface area contributed by atoms with E-state index in [1.54, 1.807) is 0 Å². The van der Waals surface area contributed by atoms with E-state index in [2.05, 4.69) is 0 Å². The van der Waals surface area contributed by atoms with Crippen LogP contribution in [0.1, 0.15) is 19.8 Å². The van der Waals surface area contributed by atoms with Gasteiger partial charge >= 0.3 is 0 Å². The summed E-state index contributed by atoms with van der Waals surface area (Å²) in [5, 5.41) is 0. The Morgan fingerprint density at radius 1 is 1.38 bits per heavy atom. The van der Waals surface area contributed by atoms with Crippen molar-refractivity contribution in [1.29, 1.82) is 0 Å². The molecule has 1 rings (SSSR count). The Kier molecular flexibility index (Phi) is 4.25. The molecule has 1 heterocycles. The van der Waals surface area contributed by atoms with Gasteiger partial charge < -0.3 is 4.43 Å². The molecule has 0 radical (unpaired) electrons. The number of rotatable bonds is 3. The van der Waals surface area contributed by atoms with E-state index in [0.29, 0.717) is 0 Å².